The maximum absolute atomic E-state index is 12.9. The van der Waals surface area contributed by atoms with Gasteiger partial charge in [-0.1, -0.05) is 0 Å². The van der Waals surface area contributed by atoms with Crippen LogP contribution in [0.15, 0.2) is 18.5 Å². The lowest BCUT2D eigenvalue weighted by atomic mass is 9.75. The molecule has 0 radical (unpaired) electrons. The molecule has 1 aromatic rings. The van der Waals surface area contributed by atoms with Gasteiger partial charge in [-0.2, -0.15) is 0 Å². The molecule has 0 aromatic carbocycles. The molecule has 1 aromatic heterocycles. The summed E-state index contributed by atoms with van der Waals surface area (Å²) < 4.78 is 12.9. The van der Waals surface area contributed by atoms with Crippen LogP contribution in [-0.2, 0) is 6.54 Å². The SMILES string of the molecule is CN(C)C1(CNCc2cncc(F)c2)CCC1. The van der Waals surface area contributed by atoms with Crippen molar-refractivity contribution in [3.05, 3.63) is 29.8 Å². The van der Waals surface area contributed by atoms with Crippen LogP contribution in [0.25, 0.3) is 0 Å². The van der Waals surface area contributed by atoms with Crippen LogP contribution >= 0.6 is 0 Å². The van der Waals surface area contributed by atoms with E-state index in [1.54, 1.807) is 6.20 Å². The molecule has 4 heteroatoms. The van der Waals surface area contributed by atoms with Gasteiger partial charge in [0, 0.05) is 24.8 Å². The zero-order valence-electron chi connectivity index (χ0n) is 10.5. The Balaban J connectivity index is 1.83. The van der Waals surface area contributed by atoms with E-state index in [2.05, 4.69) is 29.3 Å². The van der Waals surface area contributed by atoms with Crippen molar-refractivity contribution in [1.29, 1.82) is 0 Å². The first-order valence-electron chi connectivity index (χ1n) is 6.10. The zero-order valence-corrected chi connectivity index (χ0v) is 10.5. The molecule has 2 rings (SSSR count). The standard InChI is InChI=1S/C13H20FN3/c1-17(2)13(4-3-5-13)10-16-8-11-6-12(14)9-15-7-11/h6-7,9,16H,3-5,8,10H2,1-2H3. The Labute approximate surface area is 102 Å². The molecule has 0 bridgehead atoms. The van der Waals surface area contributed by atoms with E-state index in [0.717, 1.165) is 12.1 Å². The van der Waals surface area contributed by atoms with Crippen LogP contribution in [0, 0.1) is 5.82 Å². The molecule has 0 atom stereocenters. The molecule has 1 aliphatic rings. The van der Waals surface area contributed by atoms with Gasteiger partial charge >= 0.3 is 0 Å². The van der Waals surface area contributed by atoms with Gasteiger partial charge in [-0.15, -0.1) is 0 Å². The van der Waals surface area contributed by atoms with Crippen LogP contribution in [0.1, 0.15) is 24.8 Å². The van der Waals surface area contributed by atoms with E-state index in [0.29, 0.717) is 12.1 Å². The highest BCUT2D eigenvalue weighted by molar-refractivity contribution is 5.10. The highest BCUT2D eigenvalue weighted by Crippen LogP contribution is 2.35. The van der Waals surface area contributed by atoms with Crippen LogP contribution in [0.4, 0.5) is 4.39 Å². The number of pyridine rings is 1. The Bertz CT molecular complexity index is 375. The molecule has 17 heavy (non-hydrogen) atoms. The number of nitrogens with zero attached hydrogens (tertiary/aromatic N) is 2. The summed E-state index contributed by atoms with van der Waals surface area (Å²) in [6.45, 7) is 1.64. The Hall–Kier alpha value is -1.00. The van der Waals surface area contributed by atoms with Crippen LogP contribution in [0.3, 0.4) is 0 Å². The molecule has 1 N–H and O–H groups in total. The van der Waals surface area contributed by atoms with E-state index in [-0.39, 0.29) is 5.82 Å². The molecule has 0 amide bonds. The first-order valence-corrected chi connectivity index (χ1v) is 6.10. The minimum absolute atomic E-state index is 0.268. The summed E-state index contributed by atoms with van der Waals surface area (Å²) in [5.41, 5.74) is 1.21. The second-order valence-electron chi connectivity index (χ2n) is 5.09. The molecule has 1 heterocycles. The van der Waals surface area contributed by atoms with Crippen molar-refractivity contribution in [2.75, 3.05) is 20.6 Å². The van der Waals surface area contributed by atoms with Gasteiger partial charge in [0.05, 0.1) is 6.20 Å². The van der Waals surface area contributed by atoms with Crippen molar-refractivity contribution < 1.29 is 4.39 Å². The fraction of sp³-hybridized carbons (Fsp3) is 0.615. The quantitative estimate of drug-likeness (QED) is 0.846. The minimum atomic E-state index is -0.268. The van der Waals surface area contributed by atoms with Crippen molar-refractivity contribution in [1.82, 2.24) is 15.2 Å². The molecule has 0 unspecified atom stereocenters. The first-order chi connectivity index (χ1) is 8.12. The molecule has 0 spiro atoms. The summed E-state index contributed by atoms with van der Waals surface area (Å²) >= 11 is 0. The van der Waals surface area contributed by atoms with Crippen molar-refractivity contribution in [2.24, 2.45) is 0 Å². The van der Waals surface area contributed by atoms with Crippen molar-refractivity contribution in [2.45, 2.75) is 31.3 Å². The van der Waals surface area contributed by atoms with E-state index in [1.165, 1.54) is 31.5 Å². The van der Waals surface area contributed by atoms with Crippen molar-refractivity contribution >= 4 is 0 Å². The highest BCUT2D eigenvalue weighted by Gasteiger charge is 2.38. The van der Waals surface area contributed by atoms with Gasteiger partial charge in [-0.3, -0.25) is 4.98 Å². The van der Waals surface area contributed by atoms with Gasteiger partial charge in [-0.05, 0) is 45.0 Å². The molecule has 1 aliphatic carbocycles. The van der Waals surface area contributed by atoms with Crippen LogP contribution < -0.4 is 5.32 Å². The van der Waals surface area contributed by atoms with Gasteiger partial charge in [0.2, 0.25) is 0 Å². The lowest BCUT2D eigenvalue weighted by Gasteiger charge is -2.47. The number of likely N-dealkylation sites (N-methyl/N-ethyl adjacent to an activating group) is 1. The predicted octanol–water partition coefficient (Wildman–Crippen LogP) is 1.79. The fourth-order valence-electron chi connectivity index (χ4n) is 2.36. The van der Waals surface area contributed by atoms with E-state index < -0.39 is 0 Å². The van der Waals surface area contributed by atoms with Crippen LogP contribution in [-0.4, -0.2) is 36.1 Å². The molecule has 1 fully saturated rings. The molecule has 94 valence electrons. The largest absolute Gasteiger partial charge is 0.311 e. The van der Waals surface area contributed by atoms with Gasteiger partial charge in [-0.25, -0.2) is 4.39 Å². The normalized spacial score (nSPS) is 18.1. The van der Waals surface area contributed by atoms with E-state index >= 15 is 0 Å². The summed E-state index contributed by atoms with van der Waals surface area (Å²) in [6, 6.07) is 1.53. The van der Waals surface area contributed by atoms with Gasteiger partial charge in [0.25, 0.3) is 0 Å². The Morgan fingerprint density at radius 3 is 2.71 bits per heavy atom. The second kappa shape index (κ2) is 5.10. The maximum Gasteiger partial charge on any atom is 0.141 e. The number of aromatic nitrogens is 1. The summed E-state index contributed by atoms with van der Waals surface area (Å²) in [4.78, 5) is 6.14. The second-order valence-corrected chi connectivity index (χ2v) is 5.09. The minimum Gasteiger partial charge on any atom is -0.311 e. The predicted molar refractivity (Wildman–Crippen MR) is 66.2 cm³/mol. The van der Waals surface area contributed by atoms with E-state index in [4.69, 9.17) is 0 Å². The molecular formula is C13H20FN3. The van der Waals surface area contributed by atoms with Gasteiger partial charge in [0.15, 0.2) is 0 Å². The third-order valence-corrected chi connectivity index (χ3v) is 3.78. The summed E-state index contributed by atoms with van der Waals surface area (Å²) in [6.07, 6.45) is 6.74. The Morgan fingerprint density at radius 1 is 1.41 bits per heavy atom. The van der Waals surface area contributed by atoms with Gasteiger partial charge < -0.3 is 10.2 Å². The highest BCUT2D eigenvalue weighted by atomic mass is 19.1. The van der Waals surface area contributed by atoms with Crippen LogP contribution in [0.2, 0.25) is 0 Å². The zero-order chi connectivity index (χ0) is 12.3. The van der Waals surface area contributed by atoms with E-state index in [9.17, 15) is 4.39 Å². The average molecular weight is 237 g/mol. The Kier molecular flexibility index (Phi) is 3.74. The number of rotatable bonds is 5. The summed E-state index contributed by atoms with van der Waals surface area (Å²) in [7, 11) is 4.26. The molecule has 1 saturated carbocycles. The topological polar surface area (TPSA) is 28.2 Å². The lowest BCUT2D eigenvalue weighted by Crippen LogP contribution is -2.56. The summed E-state index contributed by atoms with van der Waals surface area (Å²) in [5.74, 6) is -0.268. The fourth-order valence-corrected chi connectivity index (χ4v) is 2.36. The number of nitrogens with one attached hydrogen (secondary N) is 1. The van der Waals surface area contributed by atoms with Crippen molar-refractivity contribution in [3.63, 3.8) is 0 Å². The monoisotopic (exact) mass is 237 g/mol. The molecule has 3 nitrogen and oxygen atoms in total. The summed E-state index contributed by atoms with van der Waals surface area (Å²) in [5, 5.41) is 3.40. The third-order valence-electron chi connectivity index (χ3n) is 3.78. The average Bonchev–Trinajstić information content (AvgIpc) is 2.21. The van der Waals surface area contributed by atoms with Gasteiger partial charge in [0.1, 0.15) is 5.82 Å². The smallest absolute Gasteiger partial charge is 0.141 e. The molecule has 0 aliphatic heterocycles. The number of hydrogen-bond acceptors (Lipinski definition) is 3. The molecule has 0 saturated heterocycles. The molecular weight excluding hydrogens is 217 g/mol. The lowest BCUT2D eigenvalue weighted by molar-refractivity contribution is 0.0598. The first kappa shape index (κ1) is 12.5. The number of hydrogen-bond donors (Lipinski definition) is 1. The van der Waals surface area contributed by atoms with E-state index in [1.807, 2.05) is 0 Å². The van der Waals surface area contributed by atoms with Crippen LogP contribution in [0.5, 0.6) is 0 Å². The Morgan fingerprint density at radius 2 is 2.18 bits per heavy atom. The maximum atomic E-state index is 12.9. The third kappa shape index (κ3) is 2.82. The van der Waals surface area contributed by atoms with Crippen molar-refractivity contribution in [3.8, 4) is 0 Å². The number of halogens is 1.